The Morgan fingerprint density at radius 1 is 1.11 bits per heavy atom. The van der Waals surface area contributed by atoms with Gasteiger partial charge in [-0.05, 0) is 12.1 Å². The van der Waals surface area contributed by atoms with Crippen molar-refractivity contribution in [2.75, 3.05) is 26.1 Å². The summed E-state index contributed by atoms with van der Waals surface area (Å²) in [5, 5.41) is 16.2. The van der Waals surface area contributed by atoms with Gasteiger partial charge in [0.15, 0.2) is 0 Å². The summed E-state index contributed by atoms with van der Waals surface area (Å²) in [6.07, 6.45) is 0.00676. The summed E-state index contributed by atoms with van der Waals surface area (Å²) in [5.74, 6) is -0.0431. The fourth-order valence-corrected chi connectivity index (χ4v) is 2.53. The maximum atomic E-state index is 12.1. The summed E-state index contributed by atoms with van der Waals surface area (Å²) < 4.78 is 10.3. The van der Waals surface area contributed by atoms with E-state index in [9.17, 15) is 19.7 Å². The molecule has 0 spiro atoms. The smallest absolute Gasteiger partial charge is 0.269 e. The summed E-state index contributed by atoms with van der Waals surface area (Å²) in [6, 6.07) is 8.22. The number of anilines is 1. The first-order valence-corrected chi connectivity index (χ1v) is 8.47. The minimum Gasteiger partial charge on any atom is -0.495 e. The third kappa shape index (κ3) is 5.34. The highest BCUT2D eigenvalue weighted by Gasteiger charge is 2.13. The lowest BCUT2D eigenvalue weighted by Gasteiger charge is -2.13. The van der Waals surface area contributed by atoms with Crippen LogP contribution in [0.1, 0.15) is 16.8 Å². The van der Waals surface area contributed by atoms with Crippen molar-refractivity contribution >= 4 is 34.8 Å². The predicted molar refractivity (Wildman–Crippen MR) is 103 cm³/mol. The van der Waals surface area contributed by atoms with Gasteiger partial charge in [0.2, 0.25) is 5.91 Å². The minimum atomic E-state index is -0.550. The Bertz CT molecular complexity index is 886. The fraction of sp³-hybridized carbons (Fsp3) is 0.222. The largest absolute Gasteiger partial charge is 0.495 e. The predicted octanol–water partition coefficient (Wildman–Crippen LogP) is 3.02. The van der Waals surface area contributed by atoms with Crippen LogP contribution in [0.4, 0.5) is 11.4 Å². The maximum absolute atomic E-state index is 12.1. The molecule has 28 heavy (non-hydrogen) atoms. The molecule has 0 aliphatic carbocycles. The average Bonchev–Trinajstić information content (AvgIpc) is 2.68. The quantitative estimate of drug-likeness (QED) is 0.512. The molecule has 2 N–H and O–H groups in total. The number of nitrogens with one attached hydrogen (secondary N) is 2. The number of non-ortho nitro benzene ring substituents is 1. The van der Waals surface area contributed by atoms with Crippen LogP contribution in [-0.4, -0.2) is 37.5 Å². The standard InChI is InChI=1S/C18H18ClN3O6/c1-27-15-10-14(16(28-2)9-13(15)19)21-17(23)7-8-20-18(24)11-3-5-12(6-4-11)22(25)26/h3-6,9-10H,7-8H2,1-2H3,(H,20,24)(H,21,23). The van der Waals surface area contributed by atoms with Crippen LogP contribution >= 0.6 is 11.6 Å². The molecule has 0 saturated carbocycles. The Labute approximate surface area is 165 Å². The number of ether oxygens (including phenoxy) is 2. The molecule has 10 heteroatoms. The van der Waals surface area contributed by atoms with E-state index < -0.39 is 10.8 Å². The van der Waals surface area contributed by atoms with Crippen molar-refractivity contribution in [3.63, 3.8) is 0 Å². The van der Waals surface area contributed by atoms with Crippen LogP contribution in [0, 0.1) is 10.1 Å². The number of rotatable bonds is 8. The molecule has 148 valence electrons. The van der Waals surface area contributed by atoms with E-state index in [1.807, 2.05) is 0 Å². The molecule has 9 nitrogen and oxygen atoms in total. The average molecular weight is 408 g/mol. The lowest BCUT2D eigenvalue weighted by atomic mass is 10.2. The molecule has 0 radical (unpaired) electrons. The summed E-state index contributed by atoms with van der Waals surface area (Å²) in [6.45, 7) is 0.0781. The molecular formula is C18H18ClN3O6. The van der Waals surface area contributed by atoms with E-state index in [2.05, 4.69) is 10.6 Å². The minimum absolute atomic E-state index is 0.00676. The molecule has 2 aromatic rings. The molecule has 0 heterocycles. The van der Waals surface area contributed by atoms with Gasteiger partial charge in [-0.15, -0.1) is 0 Å². The number of methoxy groups -OCH3 is 2. The number of carbonyl (C=O) groups is 2. The number of nitro benzene ring substituents is 1. The molecule has 2 aromatic carbocycles. The van der Waals surface area contributed by atoms with Crippen LogP contribution in [0.25, 0.3) is 0 Å². The Kier molecular flexibility index (Phi) is 7.16. The molecule has 0 saturated heterocycles. The van der Waals surface area contributed by atoms with E-state index in [1.54, 1.807) is 0 Å². The van der Waals surface area contributed by atoms with Crippen molar-refractivity contribution in [1.29, 1.82) is 0 Å². The topological polar surface area (TPSA) is 120 Å². The number of amides is 2. The number of nitrogens with zero attached hydrogens (tertiary/aromatic N) is 1. The van der Waals surface area contributed by atoms with Crippen molar-refractivity contribution in [1.82, 2.24) is 5.32 Å². The third-order valence-electron chi connectivity index (χ3n) is 3.73. The zero-order chi connectivity index (χ0) is 20.7. The van der Waals surface area contributed by atoms with Crippen molar-refractivity contribution < 1.29 is 24.0 Å². The monoisotopic (exact) mass is 407 g/mol. The summed E-state index contributed by atoms with van der Waals surface area (Å²) in [5.41, 5.74) is 0.536. The van der Waals surface area contributed by atoms with Gasteiger partial charge < -0.3 is 20.1 Å². The van der Waals surface area contributed by atoms with Gasteiger partial charge in [0.05, 0.1) is 29.9 Å². The Hall–Kier alpha value is -3.33. The zero-order valence-corrected chi connectivity index (χ0v) is 15.9. The first-order chi connectivity index (χ1) is 13.3. The van der Waals surface area contributed by atoms with E-state index >= 15 is 0 Å². The normalized spacial score (nSPS) is 10.1. The number of hydrogen-bond acceptors (Lipinski definition) is 6. The van der Waals surface area contributed by atoms with Gasteiger partial charge in [0.25, 0.3) is 11.6 Å². The van der Waals surface area contributed by atoms with Crippen LogP contribution in [0.5, 0.6) is 11.5 Å². The van der Waals surface area contributed by atoms with Crippen LogP contribution < -0.4 is 20.1 Å². The molecule has 0 fully saturated rings. The Morgan fingerprint density at radius 3 is 2.32 bits per heavy atom. The van der Waals surface area contributed by atoms with Gasteiger partial charge >= 0.3 is 0 Å². The Balaban J connectivity index is 1.90. The number of benzene rings is 2. The lowest BCUT2D eigenvalue weighted by Crippen LogP contribution is -2.27. The van der Waals surface area contributed by atoms with Crippen LogP contribution in [0.3, 0.4) is 0 Å². The maximum Gasteiger partial charge on any atom is 0.269 e. The van der Waals surface area contributed by atoms with Gasteiger partial charge in [-0.1, -0.05) is 11.6 Å². The fourth-order valence-electron chi connectivity index (χ4n) is 2.30. The molecule has 0 aromatic heterocycles. The summed E-state index contributed by atoms with van der Waals surface area (Å²) in [4.78, 5) is 34.2. The number of hydrogen-bond donors (Lipinski definition) is 2. The van der Waals surface area contributed by atoms with E-state index in [0.717, 1.165) is 0 Å². The molecule has 0 atom stereocenters. The number of halogens is 1. The molecule has 0 unspecified atom stereocenters. The van der Waals surface area contributed by atoms with E-state index in [-0.39, 0.29) is 30.1 Å². The van der Waals surface area contributed by atoms with Crippen molar-refractivity contribution in [2.24, 2.45) is 0 Å². The van der Waals surface area contributed by atoms with Crippen molar-refractivity contribution in [2.45, 2.75) is 6.42 Å². The molecule has 0 aliphatic rings. The van der Waals surface area contributed by atoms with Crippen LogP contribution in [0.15, 0.2) is 36.4 Å². The van der Waals surface area contributed by atoms with Crippen LogP contribution in [0.2, 0.25) is 5.02 Å². The molecule has 0 bridgehead atoms. The van der Waals surface area contributed by atoms with Crippen molar-refractivity contribution in [3.05, 3.63) is 57.1 Å². The van der Waals surface area contributed by atoms with Crippen molar-refractivity contribution in [3.8, 4) is 11.5 Å². The van der Waals surface area contributed by atoms with E-state index in [0.29, 0.717) is 22.2 Å². The highest BCUT2D eigenvalue weighted by Crippen LogP contribution is 2.35. The second-order valence-electron chi connectivity index (χ2n) is 5.55. The molecule has 2 amide bonds. The van der Waals surface area contributed by atoms with E-state index in [1.165, 1.54) is 50.6 Å². The molecule has 0 aliphatic heterocycles. The first-order valence-electron chi connectivity index (χ1n) is 8.09. The summed E-state index contributed by atoms with van der Waals surface area (Å²) >= 11 is 6.02. The molecular weight excluding hydrogens is 390 g/mol. The first kappa shape index (κ1) is 21.0. The zero-order valence-electron chi connectivity index (χ0n) is 15.2. The number of carbonyl (C=O) groups excluding carboxylic acids is 2. The van der Waals surface area contributed by atoms with Crippen LogP contribution in [-0.2, 0) is 4.79 Å². The van der Waals surface area contributed by atoms with Gasteiger partial charge in [0, 0.05) is 42.8 Å². The van der Waals surface area contributed by atoms with E-state index in [4.69, 9.17) is 21.1 Å². The summed E-state index contributed by atoms with van der Waals surface area (Å²) in [7, 11) is 2.89. The highest BCUT2D eigenvalue weighted by atomic mass is 35.5. The highest BCUT2D eigenvalue weighted by molar-refractivity contribution is 6.32. The van der Waals surface area contributed by atoms with Gasteiger partial charge in [-0.2, -0.15) is 0 Å². The van der Waals surface area contributed by atoms with Gasteiger partial charge in [0.1, 0.15) is 11.5 Å². The third-order valence-corrected chi connectivity index (χ3v) is 4.02. The Morgan fingerprint density at radius 2 is 1.75 bits per heavy atom. The van der Waals surface area contributed by atoms with Gasteiger partial charge in [-0.3, -0.25) is 19.7 Å². The second-order valence-corrected chi connectivity index (χ2v) is 5.95. The number of nitro groups is 1. The SMILES string of the molecule is COc1cc(NC(=O)CCNC(=O)c2ccc([N+](=O)[O-])cc2)c(OC)cc1Cl. The van der Waals surface area contributed by atoms with Gasteiger partial charge in [-0.25, -0.2) is 0 Å². The molecule has 2 rings (SSSR count). The second kappa shape index (κ2) is 9.56. The lowest BCUT2D eigenvalue weighted by molar-refractivity contribution is -0.384.